The summed E-state index contributed by atoms with van der Waals surface area (Å²) in [6, 6.07) is 4.40. The third kappa shape index (κ3) is 2.70. The Bertz CT molecular complexity index is 663. The molecule has 0 amide bonds. The van der Waals surface area contributed by atoms with Crippen LogP contribution < -0.4 is 0 Å². The number of aldehydes is 1. The number of carbonyl (C=O) groups excluding carboxylic acids is 2. The van der Waals surface area contributed by atoms with Crippen LogP contribution in [0.25, 0.3) is 10.6 Å². The zero-order valence-electron chi connectivity index (χ0n) is 11.0. The maximum atomic E-state index is 11.8. The molecule has 0 aliphatic carbocycles. The second-order valence-electron chi connectivity index (χ2n) is 4.04. The highest BCUT2D eigenvalue weighted by Gasteiger charge is 2.18. The van der Waals surface area contributed by atoms with Gasteiger partial charge < -0.3 is 9.84 Å². The summed E-state index contributed by atoms with van der Waals surface area (Å²) in [6.45, 7) is 3.72. The molecule has 6 heteroatoms. The Kier molecular flexibility index (Phi) is 4.14. The van der Waals surface area contributed by atoms with E-state index in [0.29, 0.717) is 33.0 Å². The highest BCUT2D eigenvalue weighted by molar-refractivity contribution is 7.17. The monoisotopic (exact) mass is 291 g/mol. The van der Waals surface area contributed by atoms with Gasteiger partial charge in [-0.1, -0.05) is 0 Å². The molecule has 2 rings (SSSR count). The molecule has 1 heterocycles. The first kappa shape index (κ1) is 14.2. The summed E-state index contributed by atoms with van der Waals surface area (Å²) in [5, 5.41) is 10.0. The summed E-state index contributed by atoms with van der Waals surface area (Å²) < 4.78 is 4.95. The highest BCUT2D eigenvalue weighted by Crippen LogP contribution is 2.32. The molecule has 5 nitrogen and oxygen atoms in total. The van der Waals surface area contributed by atoms with Crippen molar-refractivity contribution >= 4 is 23.6 Å². The van der Waals surface area contributed by atoms with E-state index in [-0.39, 0.29) is 12.4 Å². The minimum absolute atomic E-state index is 0.0381. The summed E-state index contributed by atoms with van der Waals surface area (Å²) in [6.07, 6.45) is 0.690. The normalized spacial score (nSPS) is 10.3. The summed E-state index contributed by atoms with van der Waals surface area (Å²) in [5.41, 5.74) is 1.46. The molecule has 0 aliphatic rings. The zero-order valence-corrected chi connectivity index (χ0v) is 11.9. The van der Waals surface area contributed by atoms with E-state index in [2.05, 4.69) is 4.98 Å². The molecular formula is C14H13NO4S. The Hall–Kier alpha value is -2.21. The summed E-state index contributed by atoms with van der Waals surface area (Å²) in [7, 11) is 0. The smallest absolute Gasteiger partial charge is 0.350 e. The van der Waals surface area contributed by atoms with Crippen molar-refractivity contribution in [2.24, 2.45) is 0 Å². The summed E-state index contributed by atoms with van der Waals surface area (Å²) in [5.74, 6) is -0.391. The van der Waals surface area contributed by atoms with E-state index in [1.807, 2.05) is 0 Å². The van der Waals surface area contributed by atoms with Gasteiger partial charge in [-0.25, -0.2) is 9.78 Å². The van der Waals surface area contributed by atoms with Crippen molar-refractivity contribution in [2.45, 2.75) is 13.8 Å². The van der Waals surface area contributed by atoms with Gasteiger partial charge >= 0.3 is 5.97 Å². The molecule has 0 atom stereocenters. The van der Waals surface area contributed by atoms with Crippen molar-refractivity contribution < 1.29 is 19.4 Å². The van der Waals surface area contributed by atoms with Crippen molar-refractivity contribution in [1.29, 1.82) is 0 Å². The fourth-order valence-corrected chi connectivity index (χ4v) is 2.73. The van der Waals surface area contributed by atoms with Crippen molar-refractivity contribution in [3.05, 3.63) is 34.3 Å². The Balaban J connectivity index is 2.49. The van der Waals surface area contributed by atoms with Gasteiger partial charge in [0.05, 0.1) is 12.3 Å². The molecule has 0 aliphatic heterocycles. The van der Waals surface area contributed by atoms with Gasteiger partial charge in [-0.15, -0.1) is 11.3 Å². The lowest BCUT2D eigenvalue weighted by Crippen LogP contribution is -2.03. The number of rotatable bonds is 4. The number of phenolic OH excluding ortho intramolecular Hbond substituents is 1. The Labute approximate surface area is 119 Å². The molecule has 0 fully saturated rings. The average molecular weight is 291 g/mol. The van der Waals surface area contributed by atoms with E-state index in [0.717, 1.165) is 11.3 Å². The third-order valence-electron chi connectivity index (χ3n) is 2.65. The van der Waals surface area contributed by atoms with Crippen LogP contribution >= 0.6 is 11.3 Å². The van der Waals surface area contributed by atoms with Gasteiger partial charge in [0, 0.05) is 11.1 Å². The number of aromatic hydroxyl groups is 1. The fraction of sp³-hybridized carbons (Fsp3) is 0.214. The molecule has 1 aromatic carbocycles. The maximum absolute atomic E-state index is 11.8. The molecule has 0 saturated heterocycles. The number of nitrogens with zero attached hydrogens (tertiary/aromatic N) is 1. The molecular weight excluding hydrogens is 278 g/mol. The quantitative estimate of drug-likeness (QED) is 0.692. The average Bonchev–Trinajstić information content (AvgIpc) is 2.81. The number of ether oxygens (including phenoxy) is 1. The Morgan fingerprint density at radius 1 is 1.50 bits per heavy atom. The lowest BCUT2D eigenvalue weighted by molar-refractivity contribution is 0.0531. The predicted octanol–water partition coefficient (Wildman–Crippen LogP) is 2.81. The molecule has 0 radical (unpaired) electrons. The number of aryl methyl sites for hydroxylation is 1. The number of esters is 1. The van der Waals surface area contributed by atoms with E-state index >= 15 is 0 Å². The van der Waals surface area contributed by atoms with E-state index in [1.165, 1.54) is 18.2 Å². The maximum Gasteiger partial charge on any atom is 0.350 e. The Morgan fingerprint density at radius 2 is 2.25 bits per heavy atom. The van der Waals surface area contributed by atoms with Gasteiger partial charge in [0.15, 0.2) is 6.29 Å². The van der Waals surface area contributed by atoms with Crippen LogP contribution in [0.15, 0.2) is 18.2 Å². The molecule has 0 saturated carbocycles. The topological polar surface area (TPSA) is 76.5 Å². The lowest BCUT2D eigenvalue weighted by Gasteiger charge is -2.01. The van der Waals surface area contributed by atoms with Crippen LogP contribution in [0.3, 0.4) is 0 Å². The van der Waals surface area contributed by atoms with Crippen LogP contribution in [0.1, 0.15) is 32.6 Å². The molecule has 20 heavy (non-hydrogen) atoms. The van der Waals surface area contributed by atoms with Gasteiger partial charge in [0.25, 0.3) is 0 Å². The van der Waals surface area contributed by atoms with Gasteiger partial charge in [0.2, 0.25) is 0 Å². The number of hydrogen-bond acceptors (Lipinski definition) is 6. The van der Waals surface area contributed by atoms with Crippen LogP contribution in [0.5, 0.6) is 5.75 Å². The number of hydrogen-bond donors (Lipinski definition) is 1. The van der Waals surface area contributed by atoms with E-state index in [1.54, 1.807) is 13.8 Å². The van der Waals surface area contributed by atoms with Crippen molar-refractivity contribution in [1.82, 2.24) is 4.98 Å². The summed E-state index contributed by atoms with van der Waals surface area (Å²) in [4.78, 5) is 27.5. The van der Waals surface area contributed by atoms with E-state index in [9.17, 15) is 14.7 Å². The van der Waals surface area contributed by atoms with Gasteiger partial charge in [-0.05, 0) is 32.0 Å². The van der Waals surface area contributed by atoms with Crippen molar-refractivity contribution in [2.75, 3.05) is 6.61 Å². The molecule has 0 spiro atoms. The number of carbonyl (C=O) groups is 2. The largest absolute Gasteiger partial charge is 0.508 e. The first-order chi connectivity index (χ1) is 9.56. The molecule has 1 N–H and O–H groups in total. The van der Waals surface area contributed by atoms with Crippen LogP contribution in [-0.4, -0.2) is 29.0 Å². The molecule has 0 bridgehead atoms. The lowest BCUT2D eigenvalue weighted by atomic mass is 10.1. The van der Waals surface area contributed by atoms with Crippen LogP contribution in [0, 0.1) is 6.92 Å². The second-order valence-corrected chi connectivity index (χ2v) is 5.04. The minimum atomic E-state index is -0.429. The van der Waals surface area contributed by atoms with Crippen LogP contribution in [-0.2, 0) is 4.74 Å². The third-order valence-corrected chi connectivity index (χ3v) is 3.82. The van der Waals surface area contributed by atoms with E-state index in [4.69, 9.17) is 4.74 Å². The van der Waals surface area contributed by atoms with Gasteiger partial charge in [-0.3, -0.25) is 4.79 Å². The molecule has 2 aromatic rings. The van der Waals surface area contributed by atoms with Gasteiger partial charge in [0.1, 0.15) is 15.6 Å². The van der Waals surface area contributed by atoms with Crippen LogP contribution in [0.4, 0.5) is 0 Å². The molecule has 0 unspecified atom stereocenters. The van der Waals surface area contributed by atoms with Gasteiger partial charge in [-0.2, -0.15) is 0 Å². The predicted molar refractivity (Wildman–Crippen MR) is 75.3 cm³/mol. The SMILES string of the molecule is CCOC(=O)c1sc(-c2cc(O)ccc2C=O)nc1C. The first-order valence-electron chi connectivity index (χ1n) is 6.00. The second kappa shape index (κ2) is 5.83. The highest BCUT2D eigenvalue weighted by atomic mass is 32.1. The summed E-state index contributed by atoms with van der Waals surface area (Å²) >= 11 is 1.14. The van der Waals surface area contributed by atoms with Crippen molar-refractivity contribution in [3.8, 4) is 16.3 Å². The standard InChI is InChI=1S/C14H13NO4S/c1-3-19-14(18)12-8(2)15-13(20-12)11-6-10(17)5-4-9(11)7-16/h4-7,17H,3H2,1-2H3. The fourth-order valence-electron chi connectivity index (χ4n) is 1.73. The Morgan fingerprint density at radius 3 is 2.90 bits per heavy atom. The molecule has 104 valence electrons. The number of phenols is 1. The number of aromatic nitrogens is 1. The first-order valence-corrected chi connectivity index (χ1v) is 6.81. The number of thiazole rings is 1. The molecule has 1 aromatic heterocycles. The van der Waals surface area contributed by atoms with Crippen LogP contribution in [0.2, 0.25) is 0 Å². The minimum Gasteiger partial charge on any atom is -0.508 e. The van der Waals surface area contributed by atoms with E-state index < -0.39 is 5.97 Å². The zero-order chi connectivity index (χ0) is 14.7. The number of benzene rings is 1. The van der Waals surface area contributed by atoms with Crippen molar-refractivity contribution in [3.63, 3.8) is 0 Å².